The first-order valence-electron chi connectivity index (χ1n) is 8.20. The molecule has 1 aromatic heterocycles. The molecule has 0 saturated heterocycles. The minimum Gasteiger partial charge on any atom is -0.465 e. The molecule has 6 nitrogen and oxygen atoms in total. The van der Waals surface area contributed by atoms with Crippen molar-refractivity contribution in [1.29, 1.82) is 0 Å². The molecule has 142 valence electrons. The second-order valence-corrected chi connectivity index (χ2v) is 7.95. The lowest BCUT2D eigenvalue weighted by Gasteiger charge is -2.32. The number of aromatic nitrogens is 2. The first-order valence-corrected chi connectivity index (χ1v) is 8.95. The van der Waals surface area contributed by atoms with Crippen LogP contribution in [0.5, 0.6) is 0 Å². The summed E-state index contributed by atoms with van der Waals surface area (Å²) < 4.78 is 1.62. The molecule has 2 rings (SSSR count). The minimum absolute atomic E-state index is 0.0903. The third-order valence-electron chi connectivity index (χ3n) is 4.00. The van der Waals surface area contributed by atoms with Crippen LogP contribution in [0.2, 0.25) is 10.0 Å². The van der Waals surface area contributed by atoms with Crippen molar-refractivity contribution in [2.24, 2.45) is 0 Å². The summed E-state index contributed by atoms with van der Waals surface area (Å²) in [5.41, 5.74) is 1.72. The van der Waals surface area contributed by atoms with Crippen LogP contribution in [0.25, 0.3) is 0 Å². The van der Waals surface area contributed by atoms with Gasteiger partial charge >= 0.3 is 6.09 Å². The molecule has 0 atom stereocenters. The Bertz CT molecular complexity index is 792. The molecule has 0 aliphatic rings. The number of carboxylic acid groups (broad SMARTS) is 1. The number of rotatable bonds is 5. The van der Waals surface area contributed by atoms with Crippen molar-refractivity contribution < 1.29 is 15.0 Å². The highest BCUT2D eigenvalue weighted by molar-refractivity contribution is 6.34. The molecule has 0 aliphatic heterocycles. The maximum absolute atomic E-state index is 11.9. The summed E-state index contributed by atoms with van der Waals surface area (Å²) in [5.74, 6) is 0.354. The molecule has 26 heavy (non-hydrogen) atoms. The summed E-state index contributed by atoms with van der Waals surface area (Å²) in [4.78, 5) is 13.2. The molecular formula is C18H23Cl2N3O3. The molecule has 0 unspecified atom stereocenters. The zero-order valence-corrected chi connectivity index (χ0v) is 16.8. The average Bonchev–Trinajstić information content (AvgIpc) is 2.74. The number of amides is 1. The van der Waals surface area contributed by atoms with Crippen LogP contribution < -0.4 is 4.90 Å². The molecule has 0 fully saturated rings. The molecular weight excluding hydrogens is 377 g/mol. The molecule has 1 heterocycles. The number of aliphatic hydroxyl groups excluding tert-OH is 1. The van der Waals surface area contributed by atoms with Gasteiger partial charge in [0, 0.05) is 33.3 Å². The Balaban J connectivity index is 2.60. The molecule has 2 aromatic rings. The highest BCUT2D eigenvalue weighted by atomic mass is 35.5. The van der Waals surface area contributed by atoms with Gasteiger partial charge in [-0.25, -0.2) is 4.79 Å². The van der Waals surface area contributed by atoms with E-state index in [2.05, 4.69) is 5.10 Å². The Labute approximate surface area is 162 Å². The number of halogens is 2. The fraction of sp³-hybridized carbons (Fsp3) is 0.444. The van der Waals surface area contributed by atoms with Gasteiger partial charge in [-0.3, -0.25) is 9.58 Å². The Morgan fingerprint density at radius 1 is 1.23 bits per heavy atom. The standard InChI is InChI=1S/C18H23Cl2N3O3/c1-11-15(9-12-7-13(19)10-14(20)8-12)16(21-22(11)5-6-24)23(17(25)26)18(2,3)4/h7-8,10,24H,5-6,9H2,1-4H3,(H,25,26). The normalized spacial score (nSPS) is 11.7. The molecule has 0 saturated carbocycles. The Morgan fingerprint density at radius 3 is 2.27 bits per heavy atom. The number of anilines is 1. The fourth-order valence-electron chi connectivity index (χ4n) is 2.88. The van der Waals surface area contributed by atoms with Gasteiger partial charge in [0.25, 0.3) is 0 Å². The number of nitrogens with zero attached hydrogens (tertiary/aromatic N) is 3. The molecule has 0 bridgehead atoms. The van der Waals surface area contributed by atoms with Gasteiger partial charge in [0.2, 0.25) is 0 Å². The van der Waals surface area contributed by atoms with Crippen molar-refractivity contribution in [3.05, 3.63) is 45.1 Å². The van der Waals surface area contributed by atoms with E-state index >= 15 is 0 Å². The maximum atomic E-state index is 11.9. The number of hydrogen-bond acceptors (Lipinski definition) is 3. The minimum atomic E-state index is -1.09. The van der Waals surface area contributed by atoms with Crippen molar-refractivity contribution in [2.45, 2.75) is 46.2 Å². The van der Waals surface area contributed by atoms with E-state index in [0.717, 1.165) is 16.8 Å². The van der Waals surface area contributed by atoms with Crippen molar-refractivity contribution in [3.63, 3.8) is 0 Å². The second kappa shape index (κ2) is 7.86. The quantitative estimate of drug-likeness (QED) is 0.782. The molecule has 1 amide bonds. The maximum Gasteiger partial charge on any atom is 0.413 e. The summed E-state index contributed by atoms with van der Waals surface area (Å²) in [7, 11) is 0. The zero-order chi connectivity index (χ0) is 19.6. The lowest BCUT2D eigenvalue weighted by Crippen LogP contribution is -2.46. The monoisotopic (exact) mass is 399 g/mol. The Hall–Kier alpha value is -1.76. The van der Waals surface area contributed by atoms with Gasteiger partial charge in [-0.2, -0.15) is 5.10 Å². The van der Waals surface area contributed by atoms with Gasteiger partial charge in [-0.15, -0.1) is 0 Å². The van der Waals surface area contributed by atoms with Crippen molar-refractivity contribution in [3.8, 4) is 0 Å². The van der Waals surface area contributed by atoms with E-state index in [0.29, 0.717) is 22.3 Å². The molecule has 1 aromatic carbocycles. The zero-order valence-electron chi connectivity index (χ0n) is 15.3. The van der Waals surface area contributed by atoms with Crippen LogP contribution in [0.4, 0.5) is 10.6 Å². The first kappa shape index (κ1) is 20.6. The predicted octanol–water partition coefficient (Wildman–Crippen LogP) is 4.36. The second-order valence-electron chi connectivity index (χ2n) is 7.08. The van der Waals surface area contributed by atoms with Gasteiger partial charge in [0.1, 0.15) is 0 Å². The topological polar surface area (TPSA) is 78.6 Å². The third-order valence-corrected chi connectivity index (χ3v) is 4.43. The van der Waals surface area contributed by atoms with Crippen molar-refractivity contribution in [1.82, 2.24) is 9.78 Å². The van der Waals surface area contributed by atoms with Gasteiger partial charge in [0.15, 0.2) is 5.82 Å². The highest BCUT2D eigenvalue weighted by Crippen LogP contribution is 2.32. The number of aliphatic hydroxyl groups is 1. The van der Waals surface area contributed by atoms with E-state index < -0.39 is 11.6 Å². The van der Waals surface area contributed by atoms with Crippen LogP contribution in [-0.4, -0.2) is 38.2 Å². The lowest BCUT2D eigenvalue weighted by molar-refractivity contribution is 0.195. The largest absolute Gasteiger partial charge is 0.465 e. The smallest absolute Gasteiger partial charge is 0.413 e. The van der Waals surface area contributed by atoms with Crippen LogP contribution in [-0.2, 0) is 13.0 Å². The summed E-state index contributed by atoms with van der Waals surface area (Å²) >= 11 is 12.2. The van der Waals surface area contributed by atoms with Gasteiger partial charge in [0.05, 0.1) is 13.2 Å². The van der Waals surface area contributed by atoms with Crippen LogP contribution >= 0.6 is 23.2 Å². The SMILES string of the molecule is Cc1c(Cc2cc(Cl)cc(Cl)c2)c(N(C(=O)O)C(C)(C)C)nn1CCO. The third kappa shape index (κ3) is 4.50. The predicted molar refractivity (Wildman–Crippen MR) is 104 cm³/mol. The Kier molecular flexibility index (Phi) is 6.21. The Morgan fingerprint density at radius 2 is 1.81 bits per heavy atom. The van der Waals surface area contributed by atoms with Crippen LogP contribution in [0.3, 0.4) is 0 Å². The molecule has 0 spiro atoms. The van der Waals surface area contributed by atoms with Crippen LogP contribution in [0.15, 0.2) is 18.2 Å². The van der Waals surface area contributed by atoms with E-state index in [1.54, 1.807) is 22.9 Å². The summed E-state index contributed by atoms with van der Waals surface area (Å²) in [6, 6.07) is 5.23. The number of benzene rings is 1. The van der Waals surface area contributed by atoms with E-state index in [4.69, 9.17) is 23.2 Å². The van der Waals surface area contributed by atoms with E-state index in [-0.39, 0.29) is 13.2 Å². The van der Waals surface area contributed by atoms with E-state index in [1.165, 1.54) is 4.90 Å². The molecule has 0 radical (unpaired) electrons. The lowest BCUT2D eigenvalue weighted by atomic mass is 10.0. The molecule has 2 N–H and O–H groups in total. The van der Waals surface area contributed by atoms with E-state index in [9.17, 15) is 15.0 Å². The number of carbonyl (C=O) groups is 1. The van der Waals surface area contributed by atoms with E-state index in [1.807, 2.05) is 27.7 Å². The van der Waals surface area contributed by atoms with Crippen molar-refractivity contribution >= 4 is 35.1 Å². The fourth-order valence-corrected chi connectivity index (χ4v) is 3.45. The van der Waals surface area contributed by atoms with Crippen LogP contribution in [0, 0.1) is 6.92 Å². The highest BCUT2D eigenvalue weighted by Gasteiger charge is 2.33. The molecule has 8 heteroatoms. The molecule has 0 aliphatic carbocycles. The summed E-state index contributed by atoms with van der Waals surface area (Å²) in [5, 5.41) is 24.5. The summed E-state index contributed by atoms with van der Waals surface area (Å²) in [6.07, 6.45) is -0.663. The van der Waals surface area contributed by atoms with Crippen LogP contribution in [0.1, 0.15) is 37.6 Å². The summed E-state index contributed by atoms with van der Waals surface area (Å²) in [6.45, 7) is 7.47. The number of hydrogen-bond donors (Lipinski definition) is 2. The van der Waals surface area contributed by atoms with Gasteiger partial charge in [-0.05, 0) is 51.5 Å². The average molecular weight is 400 g/mol. The van der Waals surface area contributed by atoms with Gasteiger partial charge in [-0.1, -0.05) is 23.2 Å². The van der Waals surface area contributed by atoms with Gasteiger partial charge < -0.3 is 10.2 Å². The first-order chi connectivity index (χ1) is 12.0. The van der Waals surface area contributed by atoms with Crippen molar-refractivity contribution in [2.75, 3.05) is 11.5 Å².